The molecule has 114 valence electrons. The third-order valence-corrected chi connectivity index (χ3v) is 4.90. The molecule has 0 bridgehead atoms. The van der Waals surface area contributed by atoms with Gasteiger partial charge in [0.25, 0.3) is 10.2 Å². The van der Waals surface area contributed by atoms with Crippen molar-refractivity contribution in [2.24, 2.45) is 5.92 Å². The van der Waals surface area contributed by atoms with E-state index >= 15 is 0 Å². The van der Waals surface area contributed by atoms with E-state index in [1.165, 1.54) is 0 Å². The van der Waals surface area contributed by atoms with Crippen LogP contribution in [0.1, 0.15) is 26.7 Å². The Bertz CT molecular complexity index is 346. The molecular weight excluding hydrogens is 266 g/mol. The van der Waals surface area contributed by atoms with Gasteiger partial charge in [-0.3, -0.25) is 0 Å². The van der Waals surface area contributed by atoms with Crippen LogP contribution in [0.5, 0.6) is 0 Å². The van der Waals surface area contributed by atoms with Gasteiger partial charge in [-0.1, -0.05) is 0 Å². The lowest BCUT2D eigenvalue weighted by molar-refractivity contribution is 0.193. The molecule has 0 amide bonds. The molecule has 6 nitrogen and oxygen atoms in total. The molecule has 2 N–H and O–H groups in total. The van der Waals surface area contributed by atoms with Gasteiger partial charge in [0.2, 0.25) is 0 Å². The number of rotatable bonds is 8. The van der Waals surface area contributed by atoms with Crippen LogP contribution >= 0.6 is 0 Å². The van der Waals surface area contributed by atoms with Gasteiger partial charge in [-0.15, -0.1) is 0 Å². The van der Waals surface area contributed by atoms with Crippen LogP contribution in [0.4, 0.5) is 0 Å². The van der Waals surface area contributed by atoms with Crippen LogP contribution in [0, 0.1) is 5.92 Å². The number of hydrogen-bond acceptors (Lipinski definition) is 4. The van der Waals surface area contributed by atoms with Crippen molar-refractivity contribution in [1.29, 1.82) is 0 Å². The van der Waals surface area contributed by atoms with E-state index in [4.69, 9.17) is 4.74 Å². The molecule has 1 aliphatic heterocycles. The fourth-order valence-electron chi connectivity index (χ4n) is 2.26. The van der Waals surface area contributed by atoms with Gasteiger partial charge >= 0.3 is 0 Å². The quantitative estimate of drug-likeness (QED) is 0.626. The van der Waals surface area contributed by atoms with Crippen molar-refractivity contribution >= 4 is 10.2 Å². The van der Waals surface area contributed by atoms with E-state index in [1.54, 1.807) is 11.4 Å². The number of methoxy groups -OCH3 is 1. The zero-order valence-corrected chi connectivity index (χ0v) is 13.0. The molecule has 0 aromatic heterocycles. The van der Waals surface area contributed by atoms with Crippen molar-refractivity contribution in [2.75, 3.05) is 39.9 Å². The second-order valence-corrected chi connectivity index (χ2v) is 7.04. The van der Waals surface area contributed by atoms with E-state index in [-0.39, 0.29) is 6.04 Å². The molecule has 1 fully saturated rings. The van der Waals surface area contributed by atoms with Gasteiger partial charge in [-0.25, -0.2) is 0 Å². The van der Waals surface area contributed by atoms with Gasteiger partial charge in [-0.05, 0) is 39.2 Å². The molecule has 0 radical (unpaired) electrons. The van der Waals surface area contributed by atoms with Gasteiger partial charge < -0.3 is 10.1 Å². The first-order chi connectivity index (χ1) is 8.95. The molecule has 1 saturated heterocycles. The Morgan fingerprint density at radius 2 is 2.16 bits per heavy atom. The molecule has 0 aromatic rings. The lowest BCUT2D eigenvalue weighted by Gasteiger charge is -2.32. The zero-order chi connectivity index (χ0) is 14.3. The molecule has 0 saturated carbocycles. The van der Waals surface area contributed by atoms with Gasteiger partial charge in [-0.2, -0.15) is 17.4 Å². The van der Waals surface area contributed by atoms with Gasteiger partial charge in [0.05, 0.1) is 6.61 Å². The molecular formula is C12H27N3O3S. The van der Waals surface area contributed by atoms with Gasteiger partial charge in [0.1, 0.15) is 0 Å². The Balaban J connectivity index is 2.41. The number of nitrogens with one attached hydrogen (secondary N) is 2. The summed E-state index contributed by atoms with van der Waals surface area (Å²) in [7, 11) is -1.65. The topological polar surface area (TPSA) is 70.7 Å². The maximum absolute atomic E-state index is 12.1. The van der Waals surface area contributed by atoms with Crippen LogP contribution in [0.15, 0.2) is 0 Å². The molecule has 1 aliphatic rings. The molecule has 0 aliphatic carbocycles. The Kier molecular flexibility index (Phi) is 7.23. The fraction of sp³-hybridized carbons (Fsp3) is 1.00. The Morgan fingerprint density at radius 1 is 1.42 bits per heavy atom. The lowest BCUT2D eigenvalue weighted by Crippen LogP contribution is -2.49. The summed E-state index contributed by atoms with van der Waals surface area (Å²) in [6.07, 6.45) is 2.00. The molecule has 1 rings (SSSR count). The van der Waals surface area contributed by atoms with Crippen LogP contribution < -0.4 is 10.0 Å². The number of hydrogen-bond donors (Lipinski definition) is 2. The van der Waals surface area contributed by atoms with Crippen LogP contribution in [0.3, 0.4) is 0 Å². The van der Waals surface area contributed by atoms with E-state index in [0.29, 0.717) is 25.6 Å². The van der Waals surface area contributed by atoms with Crippen molar-refractivity contribution in [3.63, 3.8) is 0 Å². The third kappa shape index (κ3) is 6.18. The standard InChI is InChI=1S/C12H27N3O3S/c1-11(2)14-19(16,17)15-7-4-5-12(10-15)9-13-6-8-18-3/h11-14H,4-10H2,1-3H3. The first-order valence-corrected chi connectivity index (χ1v) is 8.36. The predicted molar refractivity (Wildman–Crippen MR) is 76.2 cm³/mol. The number of nitrogens with zero attached hydrogens (tertiary/aromatic N) is 1. The van der Waals surface area contributed by atoms with Crippen LogP contribution in [0.25, 0.3) is 0 Å². The average molecular weight is 293 g/mol. The van der Waals surface area contributed by atoms with E-state index in [9.17, 15) is 8.42 Å². The second kappa shape index (κ2) is 8.16. The van der Waals surface area contributed by atoms with Crippen molar-refractivity contribution in [3.05, 3.63) is 0 Å². The minimum absolute atomic E-state index is 0.0646. The summed E-state index contributed by atoms with van der Waals surface area (Å²) in [6, 6.07) is -0.0646. The summed E-state index contributed by atoms with van der Waals surface area (Å²) >= 11 is 0. The Hall–Kier alpha value is -0.210. The SMILES string of the molecule is COCCNCC1CCCN(S(=O)(=O)NC(C)C)C1. The van der Waals surface area contributed by atoms with E-state index in [0.717, 1.165) is 25.9 Å². The van der Waals surface area contributed by atoms with Crippen LogP contribution in [-0.4, -0.2) is 58.7 Å². The average Bonchev–Trinajstić information content (AvgIpc) is 2.34. The highest BCUT2D eigenvalue weighted by Crippen LogP contribution is 2.18. The van der Waals surface area contributed by atoms with Crippen LogP contribution in [-0.2, 0) is 14.9 Å². The fourth-order valence-corrected chi connectivity index (χ4v) is 3.79. The summed E-state index contributed by atoms with van der Waals surface area (Å²) in [5.74, 6) is 0.384. The number of ether oxygens (including phenoxy) is 1. The third-order valence-electron chi connectivity index (χ3n) is 3.12. The van der Waals surface area contributed by atoms with E-state index in [2.05, 4.69) is 10.0 Å². The normalized spacial score (nSPS) is 22.0. The molecule has 19 heavy (non-hydrogen) atoms. The minimum Gasteiger partial charge on any atom is -0.383 e. The summed E-state index contributed by atoms with van der Waals surface area (Å²) in [6.45, 7) is 7.24. The van der Waals surface area contributed by atoms with Crippen molar-refractivity contribution in [2.45, 2.75) is 32.7 Å². The molecule has 7 heteroatoms. The van der Waals surface area contributed by atoms with Crippen LogP contribution in [0.2, 0.25) is 0 Å². The number of piperidine rings is 1. The maximum atomic E-state index is 12.1. The zero-order valence-electron chi connectivity index (χ0n) is 12.2. The predicted octanol–water partition coefficient (Wildman–Crippen LogP) is 0.177. The molecule has 1 unspecified atom stereocenters. The van der Waals surface area contributed by atoms with E-state index in [1.807, 2.05) is 13.8 Å². The Morgan fingerprint density at radius 3 is 2.79 bits per heavy atom. The highest BCUT2D eigenvalue weighted by Gasteiger charge is 2.28. The highest BCUT2D eigenvalue weighted by atomic mass is 32.2. The first-order valence-electron chi connectivity index (χ1n) is 6.92. The molecule has 1 heterocycles. The second-order valence-electron chi connectivity index (χ2n) is 5.34. The first kappa shape index (κ1) is 16.8. The van der Waals surface area contributed by atoms with Crippen molar-refractivity contribution < 1.29 is 13.2 Å². The summed E-state index contributed by atoms with van der Waals surface area (Å²) in [4.78, 5) is 0. The Labute approximate surface area is 117 Å². The summed E-state index contributed by atoms with van der Waals surface area (Å²) in [5, 5.41) is 3.30. The largest absolute Gasteiger partial charge is 0.383 e. The lowest BCUT2D eigenvalue weighted by atomic mass is 10.00. The van der Waals surface area contributed by atoms with E-state index < -0.39 is 10.2 Å². The molecule has 0 spiro atoms. The maximum Gasteiger partial charge on any atom is 0.279 e. The summed E-state index contributed by atoms with van der Waals surface area (Å²) < 4.78 is 33.4. The van der Waals surface area contributed by atoms with Crippen molar-refractivity contribution in [1.82, 2.24) is 14.3 Å². The molecule has 1 atom stereocenters. The minimum atomic E-state index is -3.32. The monoisotopic (exact) mass is 293 g/mol. The highest BCUT2D eigenvalue weighted by molar-refractivity contribution is 7.87. The summed E-state index contributed by atoms with van der Waals surface area (Å²) in [5.41, 5.74) is 0. The smallest absolute Gasteiger partial charge is 0.279 e. The molecule has 0 aromatic carbocycles. The van der Waals surface area contributed by atoms with Crippen molar-refractivity contribution in [3.8, 4) is 0 Å². The van der Waals surface area contributed by atoms with Gasteiger partial charge in [0, 0.05) is 32.8 Å². The van der Waals surface area contributed by atoms with Gasteiger partial charge in [0.15, 0.2) is 0 Å².